The van der Waals surface area contributed by atoms with Gasteiger partial charge in [-0.15, -0.1) is 10.2 Å². The fourth-order valence-corrected chi connectivity index (χ4v) is 2.35. The molecule has 2 aromatic rings. The fraction of sp³-hybridized carbons (Fsp3) is 0.600. The van der Waals surface area contributed by atoms with Crippen molar-refractivity contribution in [3.63, 3.8) is 0 Å². The Kier molecular flexibility index (Phi) is 5.33. The third-order valence-corrected chi connectivity index (χ3v) is 3.56. The zero-order chi connectivity index (χ0) is 13.5. The summed E-state index contributed by atoms with van der Waals surface area (Å²) in [6, 6.07) is 6.63. The number of hydrogen-bond acceptors (Lipinski definition) is 3. The molecule has 0 aliphatic rings. The zero-order valence-corrected chi connectivity index (χ0v) is 12.0. The van der Waals surface area contributed by atoms with Gasteiger partial charge in [-0.2, -0.15) is 0 Å². The lowest BCUT2D eigenvalue weighted by Gasteiger charge is -2.16. The van der Waals surface area contributed by atoms with Crippen LogP contribution in [0.4, 0.5) is 0 Å². The number of fused-ring (bicyclic) bond motifs is 1. The molecule has 1 atom stereocenters. The number of nitrogens with zero attached hydrogens (tertiary/aromatic N) is 3. The molecule has 104 valence electrons. The van der Waals surface area contributed by atoms with E-state index in [-0.39, 0.29) is 0 Å². The molecule has 2 rings (SSSR count). The molecule has 0 saturated heterocycles. The molecule has 1 N–H and O–H groups in total. The van der Waals surface area contributed by atoms with E-state index in [1.807, 2.05) is 24.4 Å². The highest BCUT2D eigenvalue weighted by Gasteiger charge is 2.07. The topological polar surface area (TPSA) is 42.2 Å². The first-order chi connectivity index (χ1) is 9.35. The van der Waals surface area contributed by atoms with Gasteiger partial charge in [-0.25, -0.2) is 0 Å². The van der Waals surface area contributed by atoms with E-state index in [9.17, 15) is 0 Å². The Morgan fingerprint density at radius 1 is 1.26 bits per heavy atom. The maximum absolute atomic E-state index is 4.25. The molecule has 0 bridgehead atoms. The van der Waals surface area contributed by atoms with Crippen LogP contribution in [0.15, 0.2) is 24.4 Å². The first kappa shape index (κ1) is 14.0. The summed E-state index contributed by atoms with van der Waals surface area (Å²) in [6.07, 6.45) is 7.99. The summed E-state index contributed by atoms with van der Waals surface area (Å²) in [5.41, 5.74) is 0.926. The lowest BCUT2D eigenvalue weighted by molar-refractivity contribution is 0.453. The highest BCUT2D eigenvalue weighted by molar-refractivity contribution is 5.36. The summed E-state index contributed by atoms with van der Waals surface area (Å²) < 4.78 is 2.06. The average molecular weight is 260 g/mol. The smallest absolute Gasteiger partial charge is 0.160 e. The second-order valence-corrected chi connectivity index (χ2v) is 5.00. The van der Waals surface area contributed by atoms with E-state index in [4.69, 9.17) is 0 Å². The third-order valence-electron chi connectivity index (χ3n) is 3.56. The van der Waals surface area contributed by atoms with Crippen LogP contribution >= 0.6 is 0 Å². The predicted molar refractivity (Wildman–Crippen MR) is 78.3 cm³/mol. The van der Waals surface area contributed by atoms with Crippen molar-refractivity contribution in [2.24, 2.45) is 0 Å². The van der Waals surface area contributed by atoms with E-state index in [0.29, 0.717) is 6.04 Å². The van der Waals surface area contributed by atoms with Crippen LogP contribution < -0.4 is 5.32 Å². The zero-order valence-electron chi connectivity index (χ0n) is 12.0. The van der Waals surface area contributed by atoms with Gasteiger partial charge in [0.05, 0.1) is 0 Å². The van der Waals surface area contributed by atoms with Gasteiger partial charge in [0.15, 0.2) is 5.65 Å². The second-order valence-electron chi connectivity index (χ2n) is 5.00. The van der Waals surface area contributed by atoms with Gasteiger partial charge in [0.2, 0.25) is 0 Å². The van der Waals surface area contributed by atoms with Crippen molar-refractivity contribution in [2.75, 3.05) is 6.54 Å². The minimum absolute atomic E-state index is 0.638. The van der Waals surface area contributed by atoms with Crippen molar-refractivity contribution < 1.29 is 0 Å². The first-order valence-corrected chi connectivity index (χ1v) is 7.37. The van der Waals surface area contributed by atoms with Gasteiger partial charge in [0, 0.05) is 25.2 Å². The summed E-state index contributed by atoms with van der Waals surface area (Å²) in [7, 11) is 0. The molecular formula is C15H24N4. The molecule has 0 saturated carbocycles. The maximum atomic E-state index is 4.25. The number of pyridine rings is 1. The Balaban J connectivity index is 1.85. The molecule has 0 amide bonds. The highest BCUT2D eigenvalue weighted by Crippen LogP contribution is 2.05. The quantitative estimate of drug-likeness (QED) is 0.793. The monoisotopic (exact) mass is 260 g/mol. The normalized spacial score (nSPS) is 12.9. The molecule has 0 aliphatic heterocycles. The Morgan fingerprint density at radius 2 is 2.16 bits per heavy atom. The molecule has 4 heteroatoms. The van der Waals surface area contributed by atoms with E-state index in [1.165, 1.54) is 25.7 Å². The maximum Gasteiger partial charge on any atom is 0.160 e. The van der Waals surface area contributed by atoms with Crippen LogP contribution in [0.5, 0.6) is 0 Å². The molecule has 1 unspecified atom stereocenters. The van der Waals surface area contributed by atoms with E-state index >= 15 is 0 Å². The van der Waals surface area contributed by atoms with Crippen molar-refractivity contribution in [3.05, 3.63) is 30.2 Å². The molecule has 19 heavy (non-hydrogen) atoms. The number of nitrogens with one attached hydrogen (secondary N) is 1. The SMILES string of the molecule is CCCCC(CC)NCCc1nnc2ccccn12. The van der Waals surface area contributed by atoms with Gasteiger partial charge in [0.25, 0.3) is 0 Å². The Labute approximate surface area is 115 Å². The lowest BCUT2D eigenvalue weighted by atomic mass is 10.1. The van der Waals surface area contributed by atoms with Crippen LogP contribution in [0.3, 0.4) is 0 Å². The van der Waals surface area contributed by atoms with Crippen molar-refractivity contribution in [1.82, 2.24) is 19.9 Å². The van der Waals surface area contributed by atoms with E-state index in [0.717, 1.165) is 24.4 Å². The van der Waals surface area contributed by atoms with Gasteiger partial charge in [-0.3, -0.25) is 4.40 Å². The van der Waals surface area contributed by atoms with E-state index < -0.39 is 0 Å². The molecule has 0 spiro atoms. The first-order valence-electron chi connectivity index (χ1n) is 7.37. The fourth-order valence-electron chi connectivity index (χ4n) is 2.35. The minimum Gasteiger partial charge on any atom is -0.314 e. The van der Waals surface area contributed by atoms with Crippen LogP contribution in [0.1, 0.15) is 45.4 Å². The van der Waals surface area contributed by atoms with Crippen LogP contribution in [-0.2, 0) is 6.42 Å². The second kappa shape index (κ2) is 7.24. The summed E-state index contributed by atoms with van der Waals surface area (Å²) >= 11 is 0. The average Bonchev–Trinajstić information content (AvgIpc) is 2.86. The molecule has 2 heterocycles. The summed E-state index contributed by atoms with van der Waals surface area (Å²) in [4.78, 5) is 0. The standard InChI is InChI=1S/C15H24N4/c1-3-5-8-13(4-2)16-11-10-15-18-17-14-9-6-7-12-19(14)15/h6-7,9,12-13,16H,3-5,8,10-11H2,1-2H3. The van der Waals surface area contributed by atoms with Gasteiger partial charge >= 0.3 is 0 Å². The number of hydrogen-bond donors (Lipinski definition) is 1. The van der Waals surface area contributed by atoms with Gasteiger partial charge in [-0.05, 0) is 25.0 Å². The Morgan fingerprint density at radius 3 is 2.95 bits per heavy atom. The molecule has 0 fully saturated rings. The Hall–Kier alpha value is -1.42. The van der Waals surface area contributed by atoms with Crippen LogP contribution in [-0.4, -0.2) is 27.2 Å². The molecule has 2 aromatic heterocycles. The number of unbranched alkanes of at least 4 members (excludes halogenated alkanes) is 1. The largest absolute Gasteiger partial charge is 0.314 e. The van der Waals surface area contributed by atoms with E-state index in [1.54, 1.807) is 0 Å². The summed E-state index contributed by atoms with van der Waals surface area (Å²) in [5, 5.41) is 12.1. The number of rotatable bonds is 8. The number of aromatic nitrogens is 3. The van der Waals surface area contributed by atoms with Crippen LogP contribution in [0.2, 0.25) is 0 Å². The third kappa shape index (κ3) is 3.77. The predicted octanol–water partition coefficient (Wildman–Crippen LogP) is 2.83. The molecular weight excluding hydrogens is 236 g/mol. The minimum atomic E-state index is 0.638. The highest BCUT2D eigenvalue weighted by atomic mass is 15.2. The van der Waals surface area contributed by atoms with Crippen molar-refractivity contribution in [1.29, 1.82) is 0 Å². The Bertz CT molecular complexity index is 492. The summed E-state index contributed by atoms with van der Waals surface area (Å²) in [5.74, 6) is 1.04. The summed E-state index contributed by atoms with van der Waals surface area (Å²) in [6.45, 7) is 5.47. The molecule has 4 nitrogen and oxygen atoms in total. The lowest BCUT2D eigenvalue weighted by Crippen LogP contribution is -2.30. The van der Waals surface area contributed by atoms with Crippen molar-refractivity contribution in [2.45, 2.75) is 52.0 Å². The van der Waals surface area contributed by atoms with Gasteiger partial charge < -0.3 is 5.32 Å². The van der Waals surface area contributed by atoms with Crippen molar-refractivity contribution >= 4 is 5.65 Å². The molecule has 0 aliphatic carbocycles. The molecule has 0 aromatic carbocycles. The van der Waals surface area contributed by atoms with Crippen LogP contribution in [0.25, 0.3) is 5.65 Å². The van der Waals surface area contributed by atoms with E-state index in [2.05, 4.69) is 33.8 Å². The van der Waals surface area contributed by atoms with Crippen molar-refractivity contribution in [3.8, 4) is 0 Å². The molecule has 0 radical (unpaired) electrons. The van der Waals surface area contributed by atoms with Gasteiger partial charge in [-0.1, -0.05) is 32.8 Å². The van der Waals surface area contributed by atoms with Gasteiger partial charge in [0.1, 0.15) is 5.82 Å². The van der Waals surface area contributed by atoms with Crippen LogP contribution in [0, 0.1) is 0 Å².